The first-order valence-electron chi connectivity index (χ1n) is 4.19. The van der Waals surface area contributed by atoms with Gasteiger partial charge in [0.25, 0.3) is 0 Å². The van der Waals surface area contributed by atoms with E-state index < -0.39 is 9.05 Å². The highest BCUT2D eigenvalue weighted by molar-refractivity contribution is 8.13. The van der Waals surface area contributed by atoms with E-state index in [4.69, 9.17) is 10.7 Å². The normalized spacial score (nSPS) is 17.0. The number of rotatable bonds is 5. The van der Waals surface area contributed by atoms with Crippen molar-refractivity contribution in [2.45, 2.75) is 31.7 Å². The van der Waals surface area contributed by atoms with E-state index in [1.807, 2.05) is 0 Å². The second-order valence-electron chi connectivity index (χ2n) is 3.19. The van der Waals surface area contributed by atoms with E-state index in [2.05, 4.69) is 5.32 Å². The Hall–Kier alpha value is -0.290. The van der Waals surface area contributed by atoms with Crippen molar-refractivity contribution in [3.8, 4) is 0 Å². The lowest BCUT2D eigenvalue weighted by atomic mass is 10.3. The fraction of sp³-hybridized carbons (Fsp3) is 0.857. The Morgan fingerprint density at radius 2 is 2.08 bits per heavy atom. The van der Waals surface area contributed by atoms with E-state index >= 15 is 0 Å². The molecule has 1 fully saturated rings. The highest BCUT2D eigenvalue weighted by Gasteiger charge is 2.22. The van der Waals surface area contributed by atoms with Gasteiger partial charge in [0, 0.05) is 23.1 Å². The largest absolute Gasteiger partial charge is 0.353 e. The quantitative estimate of drug-likeness (QED) is 0.698. The van der Waals surface area contributed by atoms with Gasteiger partial charge in [0.15, 0.2) is 0 Å². The molecular formula is C7H12ClNO3S. The molecule has 0 atom stereocenters. The maximum absolute atomic E-state index is 11.0. The average Bonchev–Trinajstić information content (AvgIpc) is 2.68. The van der Waals surface area contributed by atoms with Crippen molar-refractivity contribution in [3.63, 3.8) is 0 Å². The van der Waals surface area contributed by atoms with E-state index in [9.17, 15) is 13.2 Å². The molecule has 1 rings (SSSR count). The molecule has 0 aliphatic heterocycles. The Kier molecular flexibility index (Phi) is 3.55. The van der Waals surface area contributed by atoms with Crippen LogP contribution in [0.3, 0.4) is 0 Å². The van der Waals surface area contributed by atoms with Gasteiger partial charge < -0.3 is 5.32 Å². The summed E-state index contributed by atoms with van der Waals surface area (Å²) in [6, 6.07) is 0.333. The van der Waals surface area contributed by atoms with Crippen LogP contribution in [-0.2, 0) is 13.8 Å². The maximum Gasteiger partial charge on any atom is 0.232 e. The smallest absolute Gasteiger partial charge is 0.232 e. The minimum atomic E-state index is -3.44. The summed E-state index contributed by atoms with van der Waals surface area (Å²) in [7, 11) is 1.53. The molecule has 0 heterocycles. The molecule has 1 amide bonds. The molecule has 76 valence electrons. The number of carbonyl (C=O) groups excluding carboxylic acids is 1. The summed E-state index contributed by atoms with van der Waals surface area (Å²) < 4.78 is 21.0. The summed E-state index contributed by atoms with van der Waals surface area (Å²) in [5.41, 5.74) is 0. The van der Waals surface area contributed by atoms with E-state index in [1.54, 1.807) is 0 Å². The Morgan fingerprint density at radius 1 is 1.46 bits per heavy atom. The van der Waals surface area contributed by atoms with Crippen LogP contribution in [0.5, 0.6) is 0 Å². The van der Waals surface area contributed by atoms with Gasteiger partial charge in [-0.1, -0.05) is 0 Å². The fourth-order valence-electron chi connectivity index (χ4n) is 0.933. The zero-order valence-corrected chi connectivity index (χ0v) is 8.70. The minimum Gasteiger partial charge on any atom is -0.353 e. The second-order valence-corrected chi connectivity index (χ2v) is 6.08. The molecular weight excluding hydrogens is 214 g/mol. The van der Waals surface area contributed by atoms with E-state index in [0.717, 1.165) is 12.8 Å². The molecule has 1 aliphatic rings. The lowest BCUT2D eigenvalue weighted by Gasteiger charge is -2.01. The topological polar surface area (TPSA) is 63.2 Å². The molecule has 0 radical (unpaired) electrons. The van der Waals surface area contributed by atoms with Gasteiger partial charge in [-0.05, 0) is 19.3 Å². The summed E-state index contributed by atoms with van der Waals surface area (Å²) in [5, 5.41) is 2.76. The first-order chi connectivity index (χ1) is 5.97. The van der Waals surface area contributed by atoms with Crippen molar-refractivity contribution < 1.29 is 13.2 Å². The van der Waals surface area contributed by atoms with Gasteiger partial charge in [-0.2, -0.15) is 0 Å². The van der Waals surface area contributed by atoms with Crippen LogP contribution in [0.2, 0.25) is 0 Å². The molecule has 1 saturated carbocycles. The summed E-state index contributed by atoms with van der Waals surface area (Å²) in [6.45, 7) is 0. The Bertz CT molecular complexity index is 284. The molecule has 6 heteroatoms. The van der Waals surface area contributed by atoms with Crippen molar-refractivity contribution in [2.24, 2.45) is 0 Å². The first kappa shape index (κ1) is 10.8. The number of carbonyl (C=O) groups is 1. The van der Waals surface area contributed by atoms with Crippen LogP contribution in [-0.4, -0.2) is 26.1 Å². The van der Waals surface area contributed by atoms with Crippen molar-refractivity contribution in [3.05, 3.63) is 0 Å². The molecule has 1 N–H and O–H groups in total. The van der Waals surface area contributed by atoms with Crippen LogP contribution in [0.25, 0.3) is 0 Å². The highest BCUT2D eigenvalue weighted by atomic mass is 35.7. The van der Waals surface area contributed by atoms with Crippen molar-refractivity contribution in [1.82, 2.24) is 5.32 Å². The van der Waals surface area contributed by atoms with Gasteiger partial charge in [0.1, 0.15) is 0 Å². The van der Waals surface area contributed by atoms with Gasteiger partial charge >= 0.3 is 0 Å². The lowest BCUT2D eigenvalue weighted by Crippen LogP contribution is -2.25. The zero-order valence-electron chi connectivity index (χ0n) is 7.12. The Balaban J connectivity index is 2.07. The van der Waals surface area contributed by atoms with Crippen LogP contribution < -0.4 is 5.32 Å². The number of hydrogen-bond acceptors (Lipinski definition) is 3. The second kappa shape index (κ2) is 4.28. The first-order valence-corrected chi connectivity index (χ1v) is 6.67. The SMILES string of the molecule is O=C(CCCS(=O)(=O)Cl)NC1CC1. The van der Waals surface area contributed by atoms with Crippen molar-refractivity contribution >= 4 is 25.6 Å². The standard InChI is InChI=1S/C7H12ClNO3S/c8-13(11,12)5-1-2-7(10)9-6-3-4-6/h6H,1-5H2,(H,9,10). The van der Waals surface area contributed by atoms with E-state index in [-0.39, 0.29) is 18.1 Å². The number of halogens is 1. The average molecular weight is 226 g/mol. The predicted octanol–water partition coefficient (Wildman–Crippen LogP) is 0.614. The summed E-state index contributed by atoms with van der Waals surface area (Å²) >= 11 is 0. The van der Waals surface area contributed by atoms with Crippen LogP contribution in [0.15, 0.2) is 0 Å². The Labute approximate surface area is 82.1 Å². The minimum absolute atomic E-state index is 0.0807. The summed E-state index contributed by atoms with van der Waals surface area (Å²) in [6.07, 6.45) is 2.62. The molecule has 0 bridgehead atoms. The van der Waals surface area contributed by atoms with Crippen molar-refractivity contribution in [1.29, 1.82) is 0 Å². The van der Waals surface area contributed by atoms with Crippen LogP contribution in [0.1, 0.15) is 25.7 Å². The predicted molar refractivity (Wildman–Crippen MR) is 50.0 cm³/mol. The third-order valence-electron chi connectivity index (χ3n) is 1.73. The molecule has 0 spiro atoms. The van der Waals surface area contributed by atoms with Gasteiger partial charge in [0.05, 0.1) is 5.75 Å². The highest BCUT2D eigenvalue weighted by Crippen LogP contribution is 2.18. The molecule has 0 aromatic rings. The van der Waals surface area contributed by atoms with Gasteiger partial charge in [-0.15, -0.1) is 0 Å². The number of nitrogens with one attached hydrogen (secondary N) is 1. The molecule has 0 aromatic heterocycles. The van der Waals surface area contributed by atoms with E-state index in [0.29, 0.717) is 12.5 Å². The van der Waals surface area contributed by atoms with Crippen molar-refractivity contribution in [2.75, 3.05) is 5.75 Å². The van der Waals surface area contributed by atoms with Gasteiger partial charge in [-0.3, -0.25) is 4.79 Å². The molecule has 1 aliphatic carbocycles. The van der Waals surface area contributed by atoms with Crippen LogP contribution in [0.4, 0.5) is 0 Å². The molecule has 0 unspecified atom stereocenters. The third kappa shape index (κ3) is 5.87. The lowest BCUT2D eigenvalue weighted by molar-refractivity contribution is -0.121. The van der Waals surface area contributed by atoms with Crippen LogP contribution >= 0.6 is 10.7 Å². The molecule has 0 saturated heterocycles. The monoisotopic (exact) mass is 225 g/mol. The number of amides is 1. The maximum atomic E-state index is 11.0. The van der Waals surface area contributed by atoms with Gasteiger partial charge in [0.2, 0.25) is 15.0 Å². The molecule has 0 aromatic carbocycles. The van der Waals surface area contributed by atoms with E-state index in [1.165, 1.54) is 0 Å². The fourth-order valence-corrected chi connectivity index (χ4v) is 1.75. The summed E-state index contributed by atoms with van der Waals surface area (Å²) in [5.74, 6) is -0.213. The Morgan fingerprint density at radius 3 is 2.54 bits per heavy atom. The third-order valence-corrected chi connectivity index (χ3v) is 2.97. The molecule has 4 nitrogen and oxygen atoms in total. The van der Waals surface area contributed by atoms with Crippen LogP contribution in [0, 0.1) is 0 Å². The summed E-state index contributed by atoms with van der Waals surface area (Å²) in [4.78, 5) is 11.0. The molecule has 13 heavy (non-hydrogen) atoms. The number of hydrogen-bond donors (Lipinski definition) is 1. The van der Waals surface area contributed by atoms with Gasteiger partial charge in [-0.25, -0.2) is 8.42 Å². The zero-order chi connectivity index (χ0) is 9.90.